The van der Waals surface area contributed by atoms with Crippen molar-refractivity contribution >= 4 is 70.9 Å². The molecule has 2 heterocycles. The number of imidazole rings is 1. The SMILES string of the molecule is CC(=O)NCSCCC(=O)N[C@@H](CCCN=C(N)N)C(=O)N[C@H](C(=O)N[C@@H](Cc1ccc(O)cc1)C(=O)N[C@H](C(=O)N[C@@H](Cc1cnc[nH]1)C(=O)N1CCC[C@H]1C(=O)N[C@@H](Cc1ccccc1)C(=O)O)C(C)C)C(C)C. The third kappa shape index (κ3) is 20.2. The second-order valence-corrected chi connectivity index (χ2v) is 20.2. The molecule has 8 amide bonds. The van der Waals surface area contributed by atoms with Gasteiger partial charge < -0.3 is 68.8 Å². The largest absolute Gasteiger partial charge is 0.508 e. The fraction of sp³-hybridized carbons (Fsp3) is 0.510. The van der Waals surface area contributed by atoms with Crippen LogP contribution in [-0.2, 0) is 62.4 Å². The van der Waals surface area contributed by atoms with Crippen LogP contribution in [0, 0.1) is 11.8 Å². The number of carboxylic acid groups (broad SMARTS) is 1. The fourth-order valence-electron chi connectivity index (χ4n) is 8.24. The number of thioether (sulfide) groups is 1. The molecule has 0 unspecified atom stereocenters. The minimum atomic E-state index is -1.38. The molecule has 25 heteroatoms. The Morgan fingerprint density at radius 2 is 1.37 bits per heavy atom. The molecule has 0 radical (unpaired) electrons. The number of benzene rings is 2. The predicted octanol–water partition coefficient (Wildman–Crippen LogP) is -0.290. The average molecular weight is 1080 g/mol. The van der Waals surface area contributed by atoms with Crippen LogP contribution >= 0.6 is 11.8 Å². The fourth-order valence-corrected chi connectivity index (χ4v) is 9.02. The van der Waals surface area contributed by atoms with E-state index in [1.165, 1.54) is 48.2 Å². The molecule has 1 aliphatic rings. The Bertz CT molecular complexity index is 2460. The minimum absolute atomic E-state index is 0.00732. The molecule has 7 atom stereocenters. The number of amides is 8. The van der Waals surface area contributed by atoms with Gasteiger partial charge in [0, 0.05) is 63.3 Å². The lowest BCUT2D eigenvalue weighted by Gasteiger charge is -2.31. The molecule has 1 saturated heterocycles. The summed E-state index contributed by atoms with van der Waals surface area (Å²) in [6.07, 6.45) is 3.69. The minimum Gasteiger partial charge on any atom is -0.508 e. The van der Waals surface area contributed by atoms with Gasteiger partial charge in [-0.05, 0) is 60.8 Å². The zero-order chi connectivity index (χ0) is 55.9. The molecule has 414 valence electrons. The highest BCUT2D eigenvalue weighted by molar-refractivity contribution is 7.99. The molecular formula is C51H73N13O11S. The van der Waals surface area contributed by atoms with Crippen molar-refractivity contribution in [3.8, 4) is 5.75 Å². The molecule has 14 N–H and O–H groups in total. The summed E-state index contributed by atoms with van der Waals surface area (Å²) < 4.78 is 0. The van der Waals surface area contributed by atoms with Crippen molar-refractivity contribution in [1.82, 2.24) is 52.1 Å². The molecule has 0 spiro atoms. The number of nitrogens with zero attached hydrogens (tertiary/aromatic N) is 3. The second-order valence-electron chi connectivity index (χ2n) is 19.1. The molecular weight excluding hydrogens is 1000 g/mol. The highest BCUT2D eigenvalue weighted by atomic mass is 32.2. The molecule has 0 saturated carbocycles. The Kier molecular flexibility index (Phi) is 24.5. The molecule has 1 aliphatic heterocycles. The number of phenols is 1. The smallest absolute Gasteiger partial charge is 0.326 e. The molecule has 76 heavy (non-hydrogen) atoms. The Balaban J connectivity index is 1.54. The van der Waals surface area contributed by atoms with Gasteiger partial charge in [-0.3, -0.25) is 43.3 Å². The summed E-state index contributed by atoms with van der Waals surface area (Å²) in [5, 5.41) is 39.0. The van der Waals surface area contributed by atoms with Crippen molar-refractivity contribution in [3.05, 3.63) is 83.9 Å². The molecule has 3 aromatic rings. The number of aromatic nitrogens is 2. The number of rotatable bonds is 30. The second kappa shape index (κ2) is 30.6. The van der Waals surface area contributed by atoms with E-state index in [1.807, 2.05) is 0 Å². The zero-order valence-electron chi connectivity index (χ0n) is 43.5. The van der Waals surface area contributed by atoms with Gasteiger partial charge in [-0.25, -0.2) is 9.78 Å². The van der Waals surface area contributed by atoms with Gasteiger partial charge in [0.05, 0.1) is 12.2 Å². The van der Waals surface area contributed by atoms with E-state index in [0.717, 1.165) is 0 Å². The molecule has 1 aromatic heterocycles. The first-order chi connectivity index (χ1) is 36.1. The van der Waals surface area contributed by atoms with E-state index < -0.39 is 101 Å². The van der Waals surface area contributed by atoms with Gasteiger partial charge in [-0.15, -0.1) is 11.8 Å². The number of carbonyl (C=O) groups excluding carboxylic acids is 8. The molecule has 0 aliphatic carbocycles. The number of H-pyrrole nitrogens is 1. The molecule has 2 aromatic carbocycles. The monoisotopic (exact) mass is 1080 g/mol. The summed E-state index contributed by atoms with van der Waals surface area (Å²) in [6, 6.07) is 6.00. The number of aromatic hydroxyl groups is 1. The van der Waals surface area contributed by atoms with Crippen molar-refractivity contribution in [2.24, 2.45) is 28.3 Å². The topological polar surface area (TPSA) is 375 Å². The number of likely N-dealkylation sites (tertiary alicyclic amines) is 1. The van der Waals surface area contributed by atoms with Crippen LogP contribution < -0.4 is 48.7 Å². The number of aromatic amines is 1. The summed E-state index contributed by atoms with van der Waals surface area (Å²) in [5.41, 5.74) is 12.6. The summed E-state index contributed by atoms with van der Waals surface area (Å²) in [5.74, 6) is -6.98. The number of aliphatic imine (C=N–C) groups is 1. The van der Waals surface area contributed by atoms with Crippen molar-refractivity contribution in [1.29, 1.82) is 0 Å². The number of carboxylic acids is 1. The Morgan fingerprint density at radius 1 is 0.763 bits per heavy atom. The average Bonchev–Trinajstić information content (AvgIpc) is 4.08. The van der Waals surface area contributed by atoms with E-state index in [9.17, 15) is 53.4 Å². The summed E-state index contributed by atoms with van der Waals surface area (Å²) in [6.45, 7) is 8.35. The lowest BCUT2D eigenvalue weighted by Crippen LogP contribution is -2.61. The lowest BCUT2D eigenvalue weighted by molar-refractivity contribution is -0.145. The van der Waals surface area contributed by atoms with E-state index in [0.29, 0.717) is 34.9 Å². The third-order valence-corrected chi connectivity index (χ3v) is 13.2. The maximum atomic E-state index is 14.5. The van der Waals surface area contributed by atoms with Crippen LogP contribution in [0.5, 0.6) is 5.75 Å². The first kappa shape index (κ1) is 60.9. The molecule has 24 nitrogen and oxygen atoms in total. The number of aliphatic carboxylic acids is 1. The van der Waals surface area contributed by atoms with Gasteiger partial charge in [0.1, 0.15) is 48.0 Å². The summed E-state index contributed by atoms with van der Waals surface area (Å²) in [4.78, 5) is 134. The highest BCUT2D eigenvalue weighted by Gasteiger charge is 2.41. The summed E-state index contributed by atoms with van der Waals surface area (Å²) in [7, 11) is 0. The normalized spacial score (nSPS) is 15.5. The lowest BCUT2D eigenvalue weighted by atomic mass is 9.98. The van der Waals surface area contributed by atoms with Gasteiger partial charge in [-0.2, -0.15) is 0 Å². The van der Waals surface area contributed by atoms with E-state index in [2.05, 4.69) is 52.2 Å². The van der Waals surface area contributed by atoms with Crippen molar-refractivity contribution < 1.29 is 53.4 Å². The number of nitrogens with two attached hydrogens (primary N) is 2. The van der Waals surface area contributed by atoms with Crippen molar-refractivity contribution in [2.75, 3.05) is 24.7 Å². The Hall–Kier alpha value is -7.70. The van der Waals surface area contributed by atoms with Crippen LogP contribution in [0.15, 0.2) is 72.1 Å². The van der Waals surface area contributed by atoms with Gasteiger partial charge >= 0.3 is 5.97 Å². The maximum absolute atomic E-state index is 14.5. The van der Waals surface area contributed by atoms with E-state index in [4.69, 9.17) is 11.5 Å². The Morgan fingerprint density at radius 3 is 1.95 bits per heavy atom. The molecule has 4 rings (SSSR count). The first-order valence-corrected chi connectivity index (χ1v) is 26.3. The number of nitrogens with one attached hydrogen (secondary N) is 8. The van der Waals surface area contributed by atoms with E-state index in [1.54, 1.807) is 70.2 Å². The van der Waals surface area contributed by atoms with Crippen molar-refractivity contribution in [3.63, 3.8) is 0 Å². The van der Waals surface area contributed by atoms with Crippen molar-refractivity contribution in [2.45, 2.75) is 128 Å². The highest BCUT2D eigenvalue weighted by Crippen LogP contribution is 2.21. The Labute approximate surface area is 445 Å². The van der Waals surface area contributed by atoms with Crippen LogP contribution in [-0.4, -0.2) is 151 Å². The van der Waals surface area contributed by atoms with E-state index >= 15 is 0 Å². The van der Waals surface area contributed by atoms with Gasteiger partial charge in [0.25, 0.3) is 0 Å². The number of phenolic OH excluding ortho intramolecular Hbond substituents is 1. The van der Waals surface area contributed by atoms with Crippen LogP contribution in [0.4, 0.5) is 0 Å². The van der Waals surface area contributed by atoms with Crippen LogP contribution in [0.25, 0.3) is 0 Å². The zero-order valence-corrected chi connectivity index (χ0v) is 44.3. The van der Waals surface area contributed by atoms with E-state index in [-0.39, 0.29) is 75.7 Å². The third-order valence-electron chi connectivity index (χ3n) is 12.3. The molecule has 0 bridgehead atoms. The number of hydrogen-bond donors (Lipinski definition) is 12. The number of carbonyl (C=O) groups is 9. The predicted molar refractivity (Wildman–Crippen MR) is 284 cm³/mol. The van der Waals surface area contributed by atoms with Gasteiger partial charge in [0.15, 0.2) is 5.96 Å². The van der Waals surface area contributed by atoms with Gasteiger partial charge in [0.2, 0.25) is 47.3 Å². The number of guanidine groups is 1. The quantitative estimate of drug-likeness (QED) is 0.0177. The van der Waals surface area contributed by atoms with Crippen LogP contribution in [0.2, 0.25) is 0 Å². The van der Waals surface area contributed by atoms with Gasteiger partial charge in [-0.1, -0.05) is 70.2 Å². The summed E-state index contributed by atoms with van der Waals surface area (Å²) >= 11 is 1.31. The first-order valence-electron chi connectivity index (χ1n) is 25.1. The maximum Gasteiger partial charge on any atom is 0.326 e. The molecule has 1 fully saturated rings. The number of hydrogen-bond acceptors (Lipinski definition) is 13. The van der Waals surface area contributed by atoms with Crippen LogP contribution in [0.1, 0.15) is 83.5 Å². The standard InChI is InChI=1S/C51H73N13O11S/c1-29(2)42(62-44(68)36(13-9-20-55-51(52)53)58-41(67)19-22-76-28-57-31(5)65)47(71)59-37(23-33-15-17-35(66)18-16-33)45(69)63-43(30(3)4)48(72)60-38(25-34-26-54-27-56-34)49(73)64-21-10-14-40(64)46(70)61-39(50(74)75)24-32-11-7-6-8-12-32/h6-8,11-12,15-18,26-27,29-30,36-40,42-43,66H,9-10,13-14,19-25,28H2,1-5H3,(H,54,56)(H,57,65)(H,58,67)(H,59,71)(H,60,72)(H,61,70)(H,62,68)(H,63,69)(H,74,75)(H4,52,53,55)/t36-,37-,38-,39-,40-,42-,43-/m0/s1. The van der Waals surface area contributed by atoms with Crippen LogP contribution in [0.3, 0.4) is 0 Å².